The van der Waals surface area contributed by atoms with Crippen LogP contribution in [-0.4, -0.2) is 40.1 Å². The van der Waals surface area contributed by atoms with E-state index in [1.165, 1.54) is 0 Å². The Morgan fingerprint density at radius 1 is 1.22 bits per heavy atom. The lowest BCUT2D eigenvalue weighted by molar-refractivity contribution is -0.138. The summed E-state index contributed by atoms with van der Waals surface area (Å²) in [4.78, 5) is 24.9. The number of aromatic nitrogens is 1. The van der Waals surface area contributed by atoms with Gasteiger partial charge in [-0.3, -0.25) is 9.59 Å². The van der Waals surface area contributed by atoms with Gasteiger partial charge in [-0.05, 0) is 18.8 Å². The van der Waals surface area contributed by atoms with E-state index in [1.54, 1.807) is 11.0 Å². The lowest BCUT2D eigenvalue weighted by Gasteiger charge is -2.30. The number of rotatable bonds is 4. The van der Waals surface area contributed by atoms with Crippen LogP contribution in [0.15, 0.2) is 40.9 Å². The first-order chi connectivity index (χ1) is 11.1. The Labute approximate surface area is 133 Å². The molecular formula is C17H18N2O4. The highest BCUT2D eigenvalue weighted by molar-refractivity contribution is 5.93. The van der Waals surface area contributed by atoms with Gasteiger partial charge >= 0.3 is 5.97 Å². The van der Waals surface area contributed by atoms with E-state index in [1.807, 2.05) is 30.3 Å². The second kappa shape index (κ2) is 6.64. The van der Waals surface area contributed by atoms with Crippen LogP contribution < -0.4 is 0 Å². The van der Waals surface area contributed by atoms with Gasteiger partial charge in [0.2, 0.25) is 0 Å². The number of piperidine rings is 1. The zero-order valence-electron chi connectivity index (χ0n) is 12.6. The fourth-order valence-corrected chi connectivity index (χ4v) is 2.86. The summed E-state index contributed by atoms with van der Waals surface area (Å²) in [5.74, 6) is -0.230. The predicted molar refractivity (Wildman–Crippen MR) is 82.8 cm³/mol. The van der Waals surface area contributed by atoms with Crippen LogP contribution in [0, 0.1) is 5.92 Å². The number of likely N-dealkylation sites (tertiary alicyclic amines) is 1. The molecular weight excluding hydrogens is 296 g/mol. The summed E-state index contributed by atoms with van der Waals surface area (Å²) in [6.45, 7) is 1.12. The summed E-state index contributed by atoms with van der Waals surface area (Å²) < 4.78 is 5.26. The SMILES string of the molecule is O=C(O)CC1CCN(C(=O)c2cc(-c3ccccc3)on2)CC1. The summed E-state index contributed by atoms with van der Waals surface area (Å²) in [5, 5.41) is 12.7. The van der Waals surface area contributed by atoms with E-state index in [-0.39, 0.29) is 18.2 Å². The molecule has 1 fully saturated rings. The van der Waals surface area contributed by atoms with Crippen molar-refractivity contribution < 1.29 is 19.2 Å². The third-order valence-electron chi connectivity index (χ3n) is 4.15. The summed E-state index contributed by atoms with van der Waals surface area (Å²) in [7, 11) is 0. The zero-order valence-corrected chi connectivity index (χ0v) is 12.6. The third kappa shape index (κ3) is 3.59. The molecule has 23 heavy (non-hydrogen) atoms. The normalized spacial score (nSPS) is 15.6. The highest BCUT2D eigenvalue weighted by Crippen LogP contribution is 2.24. The topological polar surface area (TPSA) is 83.6 Å². The molecule has 6 heteroatoms. The lowest BCUT2D eigenvalue weighted by atomic mass is 9.93. The summed E-state index contributed by atoms with van der Waals surface area (Å²) in [6, 6.07) is 11.1. The maximum absolute atomic E-state index is 12.5. The second-order valence-electron chi connectivity index (χ2n) is 5.78. The molecule has 1 aliphatic rings. The number of amides is 1. The summed E-state index contributed by atoms with van der Waals surface area (Å²) in [5.41, 5.74) is 1.17. The highest BCUT2D eigenvalue weighted by atomic mass is 16.5. The van der Waals surface area contributed by atoms with Crippen LogP contribution in [-0.2, 0) is 4.79 Å². The van der Waals surface area contributed by atoms with Gasteiger partial charge in [-0.15, -0.1) is 0 Å². The van der Waals surface area contributed by atoms with Crippen molar-refractivity contribution in [3.05, 3.63) is 42.1 Å². The molecule has 1 aromatic carbocycles. The van der Waals surface area contributed by atoms with Gasteiger partial charge in [-0.25, -0.2) is 0 Å². The van der Waals surface area contributed by atoms with Crippen molar-refractivity contribution in [2.24, 2.45) is 5.92 Å². The Kier molecular flexibility index (Phi) is 4.41. The van der Waals surface area contributed by atoms with Crippen LogP contribution in [0.2, 0.25) is 0 Å². The van der Waals surface area contributed by atoms with E-state index in [4.69, 9.17) is 9.63 Å². The number of aliphatic carboxylic acids is 1. The van der Waals surface area contributed by atoms with Crippen LogP contribution in [0.3, 0.4) is 0 Å². The van der Waals surface area contributed by atoms with Gasteiger partial charge in [0, 0.05) is 31.1 Å². The molecule has 2 heterocycles. The van der Waals surface area contributed by atoms with Crippen LogP contribution in [0.4, 0.5) is 0 Å². The number of carbonyl (C=O) groups excluding carboxylic acids is 1. The molecule has 1 saturated heterocycles. The van der Waals surface area contributed by atoms with E-state index in [0.717, 1.165) is 5.56 Å². The molecule has 1 aliphatic heterocycles. The first-order valence-electron chi connectivity index (χ1n) is 7.66. The number of carboxylic acids is 1. The van der Waals surface area contributed by atoms with E-state index in [9.17, 15) is 9.59 Å². The Bertz CT molecular complexity index is 688. The number of carboxylic acid groups (broad SMARTS) is 1. The summed E-state index contributed by atoms with van der Waals surface area (Å²) >= 11 is 0. The average molecular weight is 314 g/mol. The van der Waals surface area contributed by atoms with Gasteiger partial charge < -0.3 is 14.5 Å². The molecule has 1 N–H and O–H groups in total. The van der Waals surface area contributed by atoms with Crippen molar-refractivity contribution in [3.63, 3.8) is 0 Å². The number of hydrogen-bond acceptors (Lipinski definition) is 4. The monoisotopic (exact) mass is 314 g/mol. The van der Waals surface area contributed by atoms with Gasteiger partial charge in [0.1, 0.15) is 0 Å². The number of benzene rings is 1. The summed E-state index contributed by atoms with van der Waals surface area (Å²) in [6.07, 6.45) is 1.59. The van der Waals surface area contributed by atoms with Crippen LogP contribution in [0.25, 0.3) is 11.3 Å². The Hall–Kier alpha value is -2.63. The smallest absolute Gasteiger partial charge is 0.303 e. The van der Waals surface area contributed by atoms with Crippen molar-refractivity contribution >= 4 is 11.9 Å². The van der Waals surface area contributed by atoms with Crippen molar-refractivity contribution in [2.45, 2.75) is 19.3 Å². The van der Waals surface area contributed by atoms with E-state index >= 15 is 0 Å². The molecule has 0 bridgehead atoms. The lowest BCUT2D eigenvalue weighted by Crippen LogP contribution is -2.39. The minimum atomic E-state index is -0.779. The molecule has 1 aromatic heterocycles. The highest BCUT2D eigenvalue weighted by Gasteiger charge is 2.26. The van der Waals surface area contributed by atoms with Gasteiger partial charge in [-0.2, -0.15) is 0 Å². The zero-order chi connectivity index (χ0) is 16.2. The van der Waals surface area contributed by atoms with Crippen LogP contribution in [0.1, 0.15) is 29.8 Å². The molecule has 3 rings (SSSR count). The Morgan fingerprint density at radius 2 is 1.91 bits per heavy atom. The molecule has 0 unspecified atom stereocenters. The van der Waals surface area contributed by atoms with E-state index < -0.39 is 5.97 Å². The van der Waals surface area contributed by atoms with E-state index in [0.29, 0.717) is 37.4 Å². The molecule has 0 saturated carbocycles. The molecule has 0 spiro atoms. The largest absolute Gasteiger partial charge is 0.481 e. The molecule has 2 aromatic rings. The standard InChI is InChI=1S/C17H18N2O4/c20-16(21)10-12-6-8-19(9-7-12)17(22)14-11-15(23-18-14)13-4-2-1-3-5-13/h1-5,11-12H,6-10H2,(H,20,21). The fourth-order valence-electron chi connectivity index (χ4n) is 2.86. The number of carbonyl (C=O) groups is 2. The number of nitrogens with zero attached hydrogens (tertiary/aromatic N) is 2. The number of hydrogen-bond donors (Lipinski definition) is 1. The quantitative estimate of drug-likeness (QED) is 0.938. The van der Waals surface area contributed by atoms with Crippen molar-refractivity contribution in [2.75, 3.05) is 13.1 Å². The predicted octanol–water partition coefficient (Wildman–Crippen LogP) is 2.67. The van der Waals surface area contributed by atoms with E-state index in [2.05, 4.69) is 5.16 Å². The minimum absolute atomic E-state index is 0.147. The first kappa shape index (κ1) is 15.3. The van der Waals surface area contributed by atoms with Gasteiger partial charge in [0.05, 0.1) is 0 Å². The van der Waals surface area contributed by atoms with Crippen molar-refractivity contribution in [3.8, 4) is 11.3 Å². The fraction of sp³-hybridized carbons (Fsp3) is 0.353. The van der Waals surface area contributed by atoms with Crippen LogP contribution >= 0.6 is 0 Å². The third-order valence-corrected chi connectivity index (χ3v) is 4.15. The average Bonchev–Trinajstić information content (AvgIpc) is 3.05. The van der Waals surface area contributed by atoms with Crippen molar-refractivity contribution in [1.29, 1.82) is 0 Å². The molecule has 0 radical (unpaired) electrons. The molecule has 6 nitrogen and oxygen atoms in total. The minimum Gasteiger partial charge on any atom is -0.481 e. The Balaban J connectivity index is 1.63. The molecule has 1 amide bonds. The van der Waals surface area contributed by atoms with Gasteiger partial charge in [0.25, 0.3) is 5.91 Å². The second-order valence-corrected chi connectivity index (χ2v) is 5.78. The van der Waals surface area contributed by atoms with Crippen LogP contribution in [0.5, 0.6) is 0 Å². The maximum atomic E-state index is 12.5. The molecule has 120 valence electrons. The molecule has 0 aliphatic carbocycles. The van der Waals surface area contributed by atoms with Crippen molar-refractivity contribution in [1.82, 2.24) is 10.1 Å². The Morgan fingerprint density at radius 3 is 2.57 bits per heavy atom. The first-order valence-corrected chi connectivity index (χ1v) is 7.66. The maximum Gasteiger partial charge on any atom is 0.303 e. The van der Waals surface area contributed by atoms with Gasteiger partial charge in [0.15, 0.2) is 11.5 Å². The van der Waals surface area contributed by atoms with Gasteiger partial charge in [-0.1, -0.05) is 35.5 Å². The molecule has 0 atom stereocenters.